The van der Waals surface area contributed by atoms with Crippen LogP contribution in [0, 0.1) is 0 Å². The standard InChI is InChI=1S/2C10H13NO2.C9H20O4/c2*1-11(8-7-10(12)13)9-5-3-2-4-6-9;1-7(11)5-12-9(3)6-13-8(2)4-10/h2*2-6H,7-8H2,1H3,(H,12,13);7-11H,4-6H2,1-3H3. The Hall–Kier alpha value is -3.18. The summed E-state index contributed by atoms with van der Waals surface area (Å²) in [5, 5.41) is 34.5. The molecule has 220 valence electrons. The molecule has 10 heteroatoms. The fourth-order valence-electron chi connectivity index (χ4n) is 2.85. The SMILES string of the molecule is CC(O)COC(C)COC(C)CO.CN(CCC(=O)O)c1ccccc1.CN(CCC(=O)O)c1ccccc1. The maximum Gasteiger partial charge on any atom is 0.305 e. The predicted molar refractivity (Wildman–Crippen MR) is 154 cm³/mol. The van der Waals surface area contributed by atoms with E-state index in [1.807, 2.05) is 91.5 Å². The van der Waals surface area contributed by atoms with Gasteiger partial charge in [0.2, 0.25) is 0 Å². The van der Waals surface area contributed by atoms with E-state index in [1.165, 1.54) is 0 Å². The number of hydrogen-bond donors (Lipinski definition) is 4. The Balaban J connectivity index is 0.000000555. The van der Waals surface area contributed by atoms with Crippen molar-refractivity contribution in [1.29, 1.82) is 0 Å². The molecule has 0 aliphatic heterocycles. The minimum absolute atomic E-state index is 0.0170. The number of ether oxygens (including phenoxy) is 2. The number of hydrogen-bond acceptors (Lipinski definition) is 8. The number of para-hydroxylation sites is 2. The van der Waals surface area contributed by atoms with Crippen LogP contribution in [0.3, 0.4) is 0 Å². The fourth-order valence-corrected chi connectivity index (χ4v) is 2.85. The first kappa shape index (κ1) is 35.8. The molecule has 2 rings (SSSR count). The van der Waals surface area contributed by atoms with Gasteiger partial charge in [0.1, 0.15) is 0 Å². The largest absolute Gasteiger partial charge is 0.481 e. The monoisotopic (exact) mass is 550 g/mol. The summed E-state index contributed by atoms with van der Waals surface area (Å²) >= 11 is 0. The van der Waals surface area contributed by atoms with Gasteiger partial charge in [0.25, 0.3) is 0 Å². The quantitative estimate of drug-likeness (QED) is 0.261. The van der Waals surface area contributed by atoms with Crippen LogP contribution >= 0.6 is 0 Å². The van der Waals surface area contributed by atoms with Gasteiger partial charge < -0.3 is 39.7 Å². The average Bonchev–Trinajstić information content (AvgIpc) is 2.93. The van der Waals surface area contributed by atoms with Crippen LogP contribution in [0.15, 0.2) is 60.7 Å². The lowest BCUT2D eigenvalue weighted by molar-refractivity contribution is -0.137. The van der Waals surface area contributed by atoms with E-state index in [2.05, 4.69) is 0 Å². The molecule has 0 aliphatic rings. The Kier molecular flexibility index (Phi) is 20.0. The first-order valence-electron chi connectivity index (χ1n) is 12.9. The van der Waals surface area contributed by atoms with Gasteiger partial charge in [-0.2, -0.15) is 0 Å². The van der Waals surface area contributed by atoms with E-state index in [-0.39, 0.29) is 31.7 Å². The molecule has 2 aromatic carbocycles. The van der Waals surface area contributed by atoms with Gasteiger partial charge in [0, 0.05) is 38.6 Å². The van der Waals surface area contributed by atoms with Gasteiger partial charge >= 0.3 is 11.9 Å². The molecular weight excluding hydrogens is 504 g/mol. The third kappa shape index (κ3) is 20.5. The zero-order chi connectivity index (χ0) is 29.6. The second kappa shape index (κ2) is 21.7. The van der Waals surface area contributed by atoms with Crippen LogP contribution in [-0.4, -0.2) is 97.7 Å². The minimum atomic E-state index is -0.761. The van der Waals surface area contributed by atoms with Crippen LogP contribution in [-0.2, 0) is 19.1 Å². The molecule has 10 nitrogen and oxygen atoms in total. The molecule has 2 aromatic rings. The smallest absolute Gasteiger partial charge is 0.305 e. The second-order valence-electron chi connectivity index (χ2n) is 9.12. The summed E-state index contributed by atoms with van der Waals surface area (Å²) < 4.78 is 10.5. The highest BCUT2D eigenvalue weighted by Crippen LogP contribution is 2.11. The Bertz CT molecular complexity index is 824. The summed E-state index contributed by atoms with van der Waals surface area (Å²) in [6.45, 7) is 7.19. The predicted octanol–water partition coefficient (Wildman–Crippen LogP) is 3.36. The van der Waals surface area contributed by atoms with Gasteiger partial charge in [-0.3, -0.25) is 9.59 Å². The van der Waals surface area contributed by atoms with E-state index in [9.17, 15) is 9.59 Å². The number of carbonyl (C=O) groups is 2. The summed E-state index contributed by atoms with van der Waals surface area (Å²) in [6.07, 6.45) is -0.310. The third-order valence-corrected chi connectivity index (χ3v) is 5.21. The number of carboxylic acids is 2. The summed E-state index contributed by atoms with van der Waals surface area (Å²) in [6, 6.07) is 19.5. The van der Waals surface area contributed by atoms with Crippen molar-refractivity contribution in [2.24, 2.45) is 0 Å². The summed E-state index contributed by atoms with van der Waals surface area (Å²) in [5.41, 5.74) is 2.09. The fraction of sp³-hybridized carbons (Fsp3) is 0.517. The van der Waals surface area contributed by atoms with Crippen molar-refractivity contribution in [2.75, 3.05) is 56.8 Å². The Morgan fingerprint density at radius 1 is 0.718 bits per heavy atom. The maximum atomic E-state index is 10.3. The number of carboxylic acid groups (broad SMARTS) is 2. The molecule has 0 radical (unpaired) electrons. The molecule has 0 amide bonds. The second-order valence-corrected chi connectivity index (χ2v) is 9.12. The van der Waals surface area contributed by atoms with Crippen molar-refractivity contribution >= 4 is 23.3 Å². The molecule has 39 heavy (non-hydrogen) atoms. The Morgan fingerprint density at radius 3 is 1.44 bits per heavy atom. The third-order valence-electron chi connectivity index (χ3n) is 5.21. The highest BCUT2D eigenvalue weighted by Gasteiger charge is 2.07. The number of nitrogens with zero attached hydrogens (tertiary/aromatic N) is 2. The minimum Gasteiger partial charge on any atom is -0.481 e. The molecule has 0 aromatic heterocycles. The van der Waals surface area contributed by atoms with Crippen molar-refractivity contribution in [2.45, 2.75) is 51.9 Å². The molecule has 0 saturated heterocycles. The van der Waals surface area contributed by atoms with Gasteiger partial charge in [-0.25, -0.2) is 0 Å². The zero-order valence-electron chi connectivity index (χ0n) is 23.8. The Morgan fingerprint density at radius 2 is 1.10 bits per heavy atom. The average molecular weight is 551 g/mol. The van der Waals surface area contributed by atoms with Gasteiger partial charge in [-0.15, -0.1) is 0 Å². The van der Waals surface area contributed by atoms with Gasteiger partial charge in [-0.05, 0) is 45.0 Å². The molecule has 0 fully saturated rings. The summed E-state index contributed by atoms with van der Waals surface area (Å²) in [7, 11) is 3.77. The van der Waals surface area contributed by atoms with E-state index < -0.39 is 18.0 Å². The topological polar surface area (TPSA) is 140 Å². The van der Waals surface area contributed by atoms with Crippen LogP contribution in [0.1, 0.15) is 33.6 Å². The number of anilines is 2. The molecule has 0 bridgehead atoms. The number of aliphatic hydroxyl groups excluding tert-OH is 2. The molecule has 0 saturated carbocycles. The van der Waals surface area contributed by atoms with Crippen molar-refractivity contribution in [3.05, 3.63) is 60.7 Å². The summed E-state index contributed by atoms with van der Waals surface area (Å²) in [4.78, 5) is 24.5. The van der Waals surface area contributed by atoms with E-state index in [1.54, 1.807) is 13.8 Å². The molecular formula is C29H46N2O8. The lowest BCUT2D eigenvalue weighted by Gasteiger charge is -2.17. The number of benzene rings is 2. The highest BCUT2D eigenvalue weighted by atomic mass is 16.5. The normalized spacial score (nSPS) is 12.5. The summed E-state index contributed by atoms with van der Waals surface area (Å²) in [5.74, 6) is -1.52. The maximum absolute atomic E-state index is 10.3. The number of rotatable bonds is 15. The molecule has 0 heterocycles. The highest BCUT2D eigenvalue weighted by molar-refractivity contribution is 5.68. The lowest BCUT2D eigenvalue weighted by Crippen LogP contribution is -2.24. The Labute approximate surface area is 232 Å². The molecule has 3 unspecified atom stereocenters. The number of aliphatic hydroxyl groups is 2. The van der Waals surface area contributed by atoms with E-state index >= 15 is 0 Å². The van der Waals surface area contributed by atoms with Crippen molar-refractivity contribution in [3.8, 4) is 0 Å². The van der Waals surface area contributed by atoms with Gasteiger partial charge in [-0.1, -0.05) is 36.4 Å². The van der Waals surface area contributed by atoms with Crippen molar-refractivity contribution in [3.63, 3.8) is 0 Å². The van der Waals surface area contributed by atoms with Crippen LogP contribution in [0.25, 0.3) is 0 Å². The van der Waals surface area contributed by atoms with Crippen LogP contribution in [0.5, 0.6) is 0 Å². The lowest BCUT2D eigenvalue weighted by atomic mass is 10.3. The van der Waals surface area contributed by atoms with E-state index in [0.29, 0.717) is 26.3 Å². The van der Waals surface area contributed by atoms with Crippen LogP contribution in [0.2, 0.25) is 0 Å². The van der Waals surface area contributed by atoms with Gasteiger partial charge in [0.15, 0.2) is 0 Å². The first-order chi connectivity index (χ1) is 18.5. The number of aliphatic carboxylic acids is 2. The zero-order valence-corrected chi connectivity index (χ0v) is 23.8. The van der Waals surface area contributed by atoms with Gasteiger partial charge in [0.05, 0.1) is 51.0 Å². The van der Waals surface area contributed by atoms with Crippen molar-refractivity contribution < 1.29 is 39.5 Å². The van der Waals surface area contributed by atoms with Crippen LogP contribution < -0.4 is 9.80 Å². The van der Waals surface area contributed by atoms with E-state index in [0.717, 1.165) is 11.4 Å². The van der Waals surface area contributed by atoms with Crippen molar-refractivity contribution in [1.82, 2.24) is 0 Å². The molecule has 0 spiro atoms. The van der Waals surface area contributed by atoms with Crippen LogP contribution in [0.4, 0.5) is 11.4 Å². The molecule has 3 atom stereocenters. The van der Waals surface area contributed by atoms with E-state index in [4.69, 9.17) is 29.9 Å². The molecule has 4 N–H and O–H groups in total. The molecule has 0 aliphatic carbocycles. The first-order valence-corrected chi connectivity index (χ1v) is 12.9.